The van der Waals surface area contributed by atoms with Crippen LogP contribution in [0.4, 0.5) is 0 Å². The monoisotopic (exact) mass is 378 g/mol. The molecule has 5 rings (SSSR count). The van der Waals surface area contributed by atoms with E-state index in [1.54, 1.807) is 17.9 Å². The third-order valence-corrected chi connectivity index (χ3v) is 5.16. The van der Waals surface area contributed by atoms with Crippen molar-refractivity contribution in [2.24, 2.45) is 0 Å². The minimum absolute atomic E-state index is 0.105. The van der Waals surface area contributed by atoms with Crippen LogP contribution >= 0.6 is 0 Å². The van der Waals surface area contributed by atoms with Gasteiger partial charge in [-0.1, -0.05) is 54.6 Å². The molecule has 29 heavy (non-hydrogen) atoms. The van der Waals surface area contributed by atoms with Gasteiger partial charge in [-0.2, -0.15) is 0 Å². The number of hydrogen-bond acceptors (Lipinski definition) is 3. The lowest BCUT2D eigenvalue weighted by Crippen LogP contribution is -2.21. The van der Waals surface area contributed by atoms with Crippen LogP contribution in [0.1, 0.15) is 0 Å². The molecule has 0 unspecified atom stereocenters. The number of nitrogens with zero attached hydrogens (tertiary/aromatic N) is 2. The Morgan fingerprint density at radius 2 is 1.55 bits per heavy atom. The molecular formula is C25H18N2O2. The lowest BCUT2D eigenvalue weighted by molar-refractivity contribution is 0.416. The standard InChI is InChI=1S/C25H18N2O2/c1-29-23-14-5-3-11-19(23)20-16-18-8-2-4-12-21(18)27(25(20)28)22-13-6-9-17-10-7-15-26-24(17)22/h2-16H,1H3. The molecule has 140 valence electrons. The van der Waals surface area contributed by atoms with Gasteiger partial charge in [0.1, 0.15) is 5.75 Å². The zero-order valence-corrected chi connectivity index (χ0v) is 15.9. The van der Waals surface area contributed by atoms with Crippen LogP contribution in [0.2, 0.25) is 0 Å². The van der Waals surface area contributed by atoms with E-state index in [0.717, 1.165) is 33.1 Å². The van der Waals surface area contributed by atoms with E-state index in [2.05, 4.69) is 4.98 Å². The van der Waals surface area contributed by atoms with Crippen LogP contribution < -0.4 is 10.3 Å². The topological polar surface area (TPSA) is 44.1 Å². The van der Waals surface area contributed by atoms with E-state index in [-0.39, 0.29) is 5.56 Å². The van der Waals surface area contributed by atoms with Crippen molar-refractivity contribution in [3.8, 4) is 22.6 Å². The maximum Gasteiger partial charge on any atom is 0.263 e. The number of ether oxygens (including phenoxy) is 1. The lowest BCUT2D eigenvalue weighted by atomic mass is 10.0. The van der Waals surface area contributed by atoms with Gasteiger partial charge in [0.2, 0.25) is 0 Å². The zero-order chi connectivity index (χ0) is 19.8. The predicted octanol–water partition coefficient (Wildman–Crippen LogP) is 5.21. The largest absolute Gasteiger partial charge is 0.496 e. The maximum atomic E-state index is 13.8. The second-order valence-corrected chi connectivity index (χ2v) is 6.81. The van der Waals surface area contributed by atoms with E-state index in [9.17, 15) is 4.79 Å². The number of aromatic nitrogens is 2. The fraction of sp³-hybridized carbons (Fsp3) is 0.0400. The van der Waals surface area contributed by atoms with Crippen molar-refractivity contribution < 1.29 is 4.74 Å². The van der Waals surface area contributed by atoms with Gasteiger partial charge in [-0.3, -0.25) is 14.3 Å². The van der Waals surface area contributed by atoms with E-state index < -0.39 is 0 Å². The molecule has 4 heteroatoms. The zero-order valence-electron chi connectivity index (χ0n) is 15.9. The van der Waals surface area contributed by atoms with Crippen LogP contribution in [0.15, 0.2) is 95.9 Å². The van der Waals surface area contributed by atoms with Crippen LogP contribution in [0.3, 0.4) is 0 Å². The van der Waals surface area contributed by atoms with Crippen molar-refractivity contribution in [1.29, 1.82) is 0 Å². The first-order chi connectivity index (χ1) is 14.3. The second kappa shape index (κ2) is 6.91. The van der Waals surface area contributed by atoms with Crippen molar-refractivity contribution in [3.05, 3.63) is 101 Å². The van der Waals surface area contributed by atoms with E-state index in [4.69, 9.17) is 4.74 Å². The Bertz CT molecular complexity index is 1410. The molecule has 0 saturated heterocycles. The van der Waals surface area contributed by atoms with Gasteiger partial charge in [0, 0.05) is 17.1 Å². The molecule has 4 nitrogen and oxygen atoms in total. The summed E-state index contributed by atoms with van der Waals surface area (Å²) in [5.74, 6) is 0.669. The highest BCUT2D eigenvalue weighted by Gasteiger charge is 2.16. The molecule has 0 spiro atoms. The smallest absolute Gasteiger partial charge is 0.263 e. The first-order valence-corrected chi connectivity index (χ1v) is 9.40. The molecule has 3 aromatic carbocycles. The number of pyridine rings is 2. The molecular weight excluding hydrogens is 360 g/mol. The average Bonchev–Trinajstić information content (AvgIpc) is 2.78. The van der Waals surface area contributed by atoms with Gasteiger partial charge in [0.25, 0.3) is 5.56 Å². The number of methoxy groups -OCH3 is 1. The molecule has 0 bridgehead atoms. The number of rotatable bonds is 3. The Morgan fingerprint density at radius 3 is 2.45 bits per heavy atom. The molecule has 0 atom stereocenters. The summed E-state index contributed by atoms with van der Waals surface area (Å²) in [7, 11) is 1.62. The Hall–Kier alpha value is -3.92. The number of para-hydroxylation sites is 3. The van der Waals surface area contributed by atoms with E-state index in [1.807, 2.05) is 84.9 Å². The minimum atomic E-state index is -0.105. The van der Waals surface area contributed by atoms with Gasteiger partial charge < -0.3 is 4.74 Å². The summed E-state index contributed by atoms with van der Waals surface area (Å²) in [4.78, 5) is 18.3. The predicted molar refractivity (Wildman–Crippen MR) is 117 cm³/mol. The third-order valence-electron chi connectivity index (χ3n) is 5.16. The summed E-state index contributed by atoms with van der Waals surface area (Å²) < 4.78 is 7.28. The number of hydrogen-bond donors (Lipinski definition) is 0. The number of benzene rings is 3. The summed E-state index contributed by atoms with van der Waals surface area (Å²) in [5.41, 5.74) is 3.66. The molecule has 0 aliphatic rings. The van der Waals surface area contributed by atoms with Crippen LogP contribution in [0.25, 0.3) is 38.6 Å². The molecule has 0 fully saturated rings. The quantitative estimate of drug-likeness (QED) is 0.433. The highest BCUT2D eigenvalue weighted by molar-refractivity contribution is 5.91. The molecule has 2 heterocycles. The minimum Gasteiger partial charge on any atom is -0.496 e. The van der Waals surface area contributed by atoms with Crippen molar-refractivity contribution in [3.63, 3.8) is 0 Å². The molecule has 2 aromatic heterocycles. The van der Waals surface area contributed by atoms with Crippen molar-refractivity contribution >= 4 is 21.8 Å². The summed E-state index contributed by atoms with van der Waals surface area (Å²) in [6.45, 7) is 0. The van der Waals surface area contributed by atoms with Gasteiger partial charge in [0.05, 0.1) is 29.4 Å². The first kappa shape index (κ1) is 17.2. The van der Waals surface area contributed by atoms with E-state index in [1.165, 1.54) is 0 Å². The molecule has 0 N–H and O–H groups in total. The van der Waals surface area contributed by atoms with Gasteiger partial charge in [-0.25, -0.2) is 0 Å². The summed E-state index contributed by atoms with van der Waals surface area (Å²) in [6, 6.07) is 27.2. The Morgan fingerprint density at radius 1 is 0.793 bits per heavy atom. The Balaban J connectivity index is 1.93. The molecule has 0 aliphatic heterocycles. The summed E-state index contributed by atoms with van der Waals surface area (Å²) >= 11 is 0. The van der Waals surface area contributed by atoms with Crippen molar-refractivity contribution in [2.45, 2.75) is 0 Å². The first-order valence-electron chi connectivity index (χ1n) is 9.40. The van der Waals surface area contributed by atoms with Gasteiger partial charge >= 0.3 is 0 Å². The van der Waals surface area contributed by atoms with Crippen LogP contribution in [-0.2, 0) is 0 Å². The normalized spacial score (nSPS) is 11.1. The Kier molecular flexibility index (Phi) is 4.10. The molecule has 0 saturated carbocycles. The highest BCUT2D eigenvalue weighted by atomic mass is 16.5. The Labute approximate surface area is 167 Å². The highest BCUT2D eigenvalue weighted by Crippen LogP contribution is 2.31. The maximum absolute atomic E-state index is 13.8. The second-order valence-electron chi connectivity index (χ2n) is 6.81. The fourth-order valence-corrected chi connectivity index (χ4v) is 3.83. The van der Waals surface area contributed by atoms with E-state index >= 15 is 0 Å². The van der Waals surface area contributed by atoms with Crippen LogP contribution in [0, 0.1) is 0 Å². The number of fused-ring (bicyclic) bond motifs is 2. The lowest BCUT2D eigenvalue weighted by Gasteiger charge is -2.16. The molecule has 0 amide bonds. The van der Waals surface area contributed by atoms with Crippen molar-refractivity contribution in [1.82, 2.24) is 9.55 Å². The van der Waals surface area contributed by atoms with Crippen LogP contribution in [-0.4, -0.2) is 16.7 Å². The van der Waals surface area contributed by atoms with Crippen LogP contribution in [0.5, 0.6) is 5.75 Å². The fourth-order valence-electron chi connectivity index (χ4n) is 3.83. The summed E-state index contributed by atoms with van der Waals surface area (Å²) in [6.07, 6.45) is 1.75. The SMILES string of the molecule is COc1ccccc1-c1cc2ccccc2n(-c2cccc3cccnc23)c1=O. The molecule has 0 aliphatic carbocycles. The third kappa shape index (κ3) is 2.77. The molecule has 0 radical (unpaired) electrons. The van der Waals surface area contributed by atoms with Gasteiger partial charge in [-0.15, -0.1) is 0 Å². The molecule has 5 aromatic rings. The van der Waals surface area contributed by atoms with Crippen molar-refractivity contribution in [2.75, 3.05) is 7.11 Å². The average molecular weight is 378 g/mol. The van der Waals surface area contributed by atoms with Gasteiger partial charge in [0.15, 0.2) is 0 Å². The van der Waals surface area contributed by atoms with E-state index in [0.29, 0.717) is 11.3 Å². The van der Waals surface area contributed by atoms with Gasteiger partial charge in [-0.05, 0) is 35.7 Å². The summed E-state index contributed by atoms with van der Waals surface area (Å²) in [5, 5.41) is 1.96.